The summed E-state index contributed by atoms with van der Waals surface area (Å²) in [4.78, 5) is 1.30. The Hall–Kier alpha value is -0.903. The minimum absolute atomic E-state index is 0.0771. The van der Waals surface area contributed by atoms with E-state index in [1.54, 1.807) is 0 Å². The van der Waals surface area contributed by atoms with Crippen molar-refractivity contribution in [3.63, 3.8) is 0 Å². The van der Waals surface area contributed by atoms with Crippen LogP contribution in [0.3, 0.4) is 0 Å². The summed E-state index contributed by atoms with van der Waals surface area (Å²) in [7, 11) is -1.78. The SMILES string of the molecule is C/C=C/[C@@H](O[Si](C)(C)C(C)(C)C)c1cc2ccccc2s1.CC. The Bertz CT molecular complexity index is 601. The molecule has 128 valence electrons. The maximum absolute atomic E-state index is 6.62. The van der Waals surface area contributed by atoms with E-state index >= 15 is 0 Å². The Balaban J connectivity index is 0.00000127. The van der Waals surface area contributed by atoms with Crippen LogP contribution in [0.1, 0.15) is 52.5 Å². The van der Waals surface area contributed by atoms with E-state index in [1.165, 1.54) is 15.0 Å². The summed E-state index contributed by atoms with van der Waals surface area (Å²) in [5, 5.41) is 1.54. The van der Waals surface area contributed by atoms with Crippen LogP contribution in [0.4, 0.5) is 0 Å². The first-order chi connectivity index (χ1) is 10.7. The highest BCUT2D eigenvalue weighted by molar-refractivity contribution is 7.19. The topological polar surface area (TPSA) is 9.23 Å². The molecule has 0 aliphatic carbocycles. The third kappa shape index (κ3) is 5.03. The van der Waals surface area contributed by atoms with Gasteiger partial charge in [-0.2, -0.15) is 0 Å². The lowest BCUT2D eigenvalue weighted by Gasteiger charge is -2.38. The van der Waals surface area contributed by atoms with E-state index in [2.05, 4.69) is 83.3 Å². The first-order valence-electron chi connectivity index (χ1n) is 8.54. The monoisotopic (exact) mass is 348 g/mol. The number of hydrogen-bond donors (Lipinski definition) is 0. The van der Waals surface area contributed by atoms with E-state index in [4.69, 9.17) is 4.43 Å². The molecule has 3 heteroatoms. The van der Waals surface area contributed by atoms with Gasteiger partial charge >= 0.3 is 0 Å². The highest BCUT2D eigenvalue weighted by atomic mass is 32.1. The van der Waals surface area contributed by atoms with E-state index in [1.807, 2.05) is 25.2 Å². The van der Waals surface area contributed by atoms with Crippen LogP contribution in [0.5, 0.6) is 0 Å². The minimum Gasteiger partial charge on any atom is -0.406 e. The van der Waals surface area contributed by atoms with Crippen molar-refractivity contribution < 1.29 is 4.43 Å². The van der Waals surface area contributed by atoms with Gasteiger partial charge in [-0.25, -0.2) is 0 Å². The van der Waals surface area contributed by atoms with Gasteiger partial charge in [0.1, 0.15) is 0 Å². The van der Waals surface area contributed by atoms with Crippen molar-refractivity contribution >= 4 is 29.7 Å². The van der Waals surface area contributed by atoms with Crippen molar-refractivity contribution in [3.8, 4) is 0 Å². The fourth-order valence-electron chi connectivity index (χ4n) is 2.00. The number of hydrogen-bond acceptors (Lipinski definition) is 2. The Morgan fingerprint density at radius 3 is 2.26 bits per heavy atom. The molecule has 0 bridgehead atoms. The van der Waals surface area contributed by atoms with Crippen LogP contribution in [0.2, 0.25) is 18.1 Å². The second-order valence-electron chi connectivity index (χ2n) is 7.01. The summed E-state index contributed by atoms with van der Waals surface area (Å²) in [5.41, 5.74) is 0. The largest absolute Gasteiger partial charge is 0.406 e. The molecule has 0 saturated heterocycles. The molecule has 0 aliphatic heterocycles. The molecule has 0 fully saturated rings. The van der Waals surface area contributed by atoms with E-state index < -0.39 is 8.32 Å². The summed E-state index contributed by atoms with van der Waals surface area (Å²) < 4.78 is 7.96. The summed E-state index contributed by atoms with van der Waals surface area (Å²) >= 11 is 1.84. The Kier molecular flexibility index (Phi) is 7.24. The van der Waals surface area contributed by atoms with Crippen LogP contribution in [0, 0.1) is 0 Å². The van der Waals surface area contributed by atoms with Gasteiger partial charge in [0.15, 0.2) is 8.32 Å². The van der Waals surface area contributed by atoms with Crippen molar-refractivity contribution in [3.05, 3.63) is 47.4 Å². The van der Waals surface area contributed by atoms with Gasteiger partial charge in [0.25, 0.3) is 0 Å². The lowest BCUT2D eigenvalue weighted by atomic mass is 10.2. The molecule has 2 aromatic rings. The normalized spacial score (nSPS) is 13.9. The van der Waals surface area contributed by atoms with Crippen LogP contribution in [-0.2, 0) is 4.43 Å². The molecular formula is C20H32OSSi. The first-order valence-corrected chi connectivity index (χ1v) is 12.3. The summed E-state index contributed by atoms with van der Waals surface area (Å²) in [6.07, 6.45) is 4.36. The number of thiophene rings is 1. The van der Waals surface area contributed by atoms with E-state index in [0.717, 1.165) is 0 Å². The van der Waals surface area contributed by atoms with E-state index in [9.17, 15) is 0 Å². The first kappa shape index (κ1) is 20.1. The third-order valence-electron chi connectivity index (χ3n) is 4.32. The van der Waals surface area contributed by atoms with E-state index in [-0.39, 0.29) is 11.1 Å². The molecule has 0 radical (unpaired) electrons. The molecule has 1 aromatic carbocycles. The molecule has 0 spiro atoms. The minimum atomic E-state index is -1.78. The lowest BCUT2D eigenvalue weighted by molar-refractivity contribution is 0.233. The van der Waals surface area contributed by atoms with Gasteiger partial charge in [-0.3, -0.25) is 0 Å². The van der Waals surface area contributed by atoms with Crippen LogP contribution >= 0.6 is 11.3 Å². The lowest BCUT2D eigenvalue weighted by Crippen LogP contribution is -2.41. The van der Waals surface area contributed by atoms with E-state index in [0.29, 0.717) is 0 Å². The molecule has 0 aliphatic rings. The van der Waals surface area contributed by atoms with Crippen molar-refractivity contribution in [2.24, 2.45) is 0 Å². The van der Waals surface area contributed by atoms with Gasteiger partial charge in [-0.1, -0.05) is 65.0 Å². The number of allylic oxidation sites excluding steroid dienone is 1. The summed E-state index contributed by atoms with van der Waals surface area (Å²) in [6.45, 7) is 17.6. The van der Waals surface area contributed by atoms with Gasteiger partial charge in [0, 0.05) is 9.58 Å². The molecule has 0 N–H and O–H groups in total. The van der Waals surface area contributed by atoms with Crippen LogP contribution in [0.25, 0.3) is 10.1 Å². The van der Waals surface area contributed by atoms with Crippen molar-refractivity contribution in [2.45, 2.75) is 65.8 Å². The van der Waals surface area contributed by atoms with Gasteiger partial charge in [0.2, 0.25) is 0 Å². The number of fused-ring (bicyclic) bond motifs is 1. The average molecular weight is 349 g/mol. The smallest absolute Gasteiger partial charge is 0.193 e. The van der Waals surface area contributed by atoms with Gasteiger partial charge in [0.05, 0.1) is 6.10 Å². The Labute approximate surface area is 147 Å². The highest BCUT2D eigenvalue weighted by Gasteiger charge is 2.39. The Morgan fingerprint density at radius 1 is 1.13 bits per heavy atom. The van der Waals surface area contributed by atoms with Crippen LogP contribution in [0.15, 0.2) is 42.5 Å². The molecule has 23 heavy (non-hydrogen) atoms. The van der Waals surface area contributed by atoms with Crippen molar-refractivity contribution in [1.29, 1.82) is 0 Å². The number of rotatable bonds is 4. The average Bonchev–Trinajstić information content (AvgIpc) is 2.91. The molecular weight excluding hydrogens is 316 g/mol. The predicted octanol–water partition coefficient (Wildman–Crippen LogP) is 7.57. The predicted molar refractivity (Wildman–Crippen MR) is 109 cm³/mol. The Morgan fingerprint density at radius 2 is 1.74 bits per heavy atom. The quantitative estimate of drug-likeness (QED) is 0.409. The van der Waals surface area contributed by atoms with Crippen LogP contribution in [-0.4, -0.2) is 8.32 Å². The molecule has 1 aromatic heterocycles. The number of benzene rings is 1. The second kappa shape index (κ2) is 8.27. The molecule has 0 saturated carbocycles. The molecule has 0 unspecified atom stereocenters. The van der Waals surface area contributed by atoms with Crippen molar-refractivity contribution in [2.75, 3.05) is 0 Å². The molecule has 1 heterocycles. The van der Waals surface area contributed by atoms with Crippen LogP contribution < -0.4 is 0 Å². The standard InChI is InChI=1S/C18H26OSSi.C2H6/c1-7-10-15(19-21(5,6)18(2,3)4)17-13-14-11-8-9-12-16(14)20-17;1-2/h7-13,15H,1-6H3;1-2H3/b10-7+;/t15-;/m1./s1. The second-order valence-corrected chi connectivity index (χ2v) is 12.9. The zero-order valence-corrected chi connectivity index (χ0v) is 17.8. The molecule has 2 rings (SSSR count). The zero-order chi connectivity index (χ0) is 17.7. The molecule has 1 nitrogen and oxygen atoms in total. The van der Waals surface area contributed by atoms with Gasteiger partial charge in [-0.05, 0) is 42.6 Å². The maximum Gasteiger partial charge on any atom is 0.193 e. The van der Waals surface area contributed by atoms with Gasteiger partial charge < -0.3 is 4.43 Å². The summed E-state index contributed by atoms with van der Waals surface area (Å²) in [5.74, 6) is 0. The van der Waals surface area contributed by atoms with Gasteiger partial charge in [-0.15, -0.1) is 11.3 Å². The fraction of sp³-hybridized carbons (Fsp3) is 0.500. The zero-order valence-electron chi connectivity index (χ0n) is 15.9. The third-order valence-corrected chi connectivity index (χ3v) is 9.95. The maximum atomic E-state index is 6.62. The summed E-state index contributed by atoms with van der Waals surface area (Å²) in [6, 6.07) is 10.8. The highest BCUT2D eigenvalue weighted by Crippen LogP contribution is 2.41. The molecule has 0 amide bonds. The van der Waals surface area contributed by atoms with Crippen molar-refractivity contribution in [1.82, 2.24) is 0 Å². The fourth-order valence-corrected chi connectivity index (χ4v) is 4.36. The molecule has 1 atom stereocenters.